The highest BCUT2D eigenvalue weighted by Crippen LogP contribution is 2.16. The lowest BCUT2D eigenvalue weighted by Crippen LogP contribution is -2.34. The summed E-state index contributed by atoms with van der Waals surface area (Å²) in [6.45, 7) is 1.98. The smallest absolute Gasteiger partial charge is 0.394 e. The van der Waals surface area contributed by atoms with Gasteiger partial charge in [-0.05, 0) is 29.7 Å². The van der Waals surface area contributed by atoms with Crippen molar-refractivity contribution in [2.24, 2.45) is 12.0 Å². The molecule has 2 N–H and O–H groups in total. The number of ether oxygens (including phenoxy) is 1. The van der Waals surface area contributed by atoms with E-state index in [9.17, 15) is 9.59 Å². The summed E-state index contributed by atoms with van der Waals surface area (Å²) in [6.07, 6.45) is 3.24. The van der Waals surface area contributed by atoms with E-state index < -0.39 is 6.09 Å². The van der Waals surface area contributed by atoms with Crippen LogP contribution in [0, 0.1) is 12.3 Å². The minimum Gasteiger partial charge on any atom is -0.394 e. The Kier molecular flexibility index (Phi) is 7.10. The summed E-state index contributed by atoms with van der Waals surface area (Å²) in [5, 5.41) is 12.7. The average molecular weight is 420 g/mol. The Bertz CT molecular complexity index is 1120. The molecule has 0 spiro atoms. The first-order chi connectivity index (χ1) is 15.0. The molecular formula is C22H24N6O3. The first-order valence-electron chi connectivity index (χ1n) is 9.70. The third-order valence-corrected chi connectivity index (χ3v) is 4.71. The van der Waals surface area contributed by atoms with Gasteiger partial charge in [0.05, 0.1) is 12.0 Å². The Labute approximate surface area is 179 Å². The number of nitrogens with zero attached hydrogens (tertiary/aromatic N) is 4. The van der Waals surface area contributed by atoms with Crippen molar-refractivity contribution in [1.29, 1.82) is 5.41 Å². The van der Waals surface area contributed by atoms with Crippen LogP contribution in [0.15, 0.2) is 53.8 Å². The lowest BCUT2D eigenvalue weighted by molar-refractivity contribution is -0.114. The number of aromatic nitrogens is 2. The number of carbonyl (C=O) groups is 2. The number of benzene rings is 2. The van der Waals surface area contributed by atoms with Gasteiger partial charge in [0.25, 0.3) is 0 Å². The van der Waals surface area contributed by atoms with Crippen molar-refractivity contribution in [2.75, 3.05) is 13.1 Å². The van der Waals surface area contributed by atoms with Crippen molar-refractivity contribution in [3.05, 3.63) is 60.0 Å². The van der Waals surface area contributed by atoms with Crippen LogP contribution in [0.3, 0.4) is 0 Å². The van der Waals surface area contributed by atoms with Gasteiger partial charge in [-0.1, -0.05) is 42.5 Å². The molecule has 0 saturated heterocycles. The summed E-state index contributed by atoms with van der Waals surface area (Å²) in [7, 11) is 1.83. The van der Waals surface area contributed by atoms with Crippen LogP contribution in [0.25, 0.3) is 10.8 Å². The molecule has 0 radical (unpaired) electrons. The Hall–Kier alpha value is -4.01. The maximum Gasteiger partial charge on any atom is 0.413 e. The summed E-state index contributed by atoms with van der Waals surface area (Å²) >= 11 is 0. The number of aryl methyl sites for hydroxylation is 1. The van der Waals surface area contributed by atoms with Crippen LogP contribution >= 0.6 is 0 Å². The fraction of sp³-hybridized carbons (Fsp3) is 0.227. The van der Waals surface area contributed by atoms with Crippen LogP contribution in [-0.4, -0.2) is 52.3 Å². The fourth-order valence-electron chi connectivity index (χ4n) is 2.89. The van der Waals surface area contributed by atoms with Crippen molar-refractivity contribution in [3.63, 3.8) is 0 Å². The monoisotopic (exact) mass is 420 g/mol. The third-order valence-electron chi connectivity index (χ3n) is 4.71. The largest absolute Gasteiger partial charge is 0.413 e. The molecule has 3 aromatic rings. The molecule has 0 aliphatic carbocycles. The molecule has 31 heavy (non-hydrogen) atoms. The second kappa shape index (κ2) is 10.1. The van der Waals surface area contributed by atoms with Gasteiger partial charge in [0, 0.05) is 13.6 Å². The van der Waals surface area contributed by atoms with Gasteiger partial charge in [0.2, 0.25) is 12.3 Å². The molecule has 2 amide bonds. The summed E-state index contributed by atoms with van der Waals surface area (Å²) in [5.41, 5.74) is 1.92. The van der Waals surface area contributed by atoms with Crippen LogP contribution in [0.1, 0.15) is 11.3 Å². The zero-order chi connectivity index (χ0) is 22.2. The van der Waals surface area contributed by atoms with Crippen molar-refractivity contribution >= 4 is 41.3 Å². The molecule has 1 aromatic heterocycles. The number of fused-ring (bicyclic) bond motifs is 1. The van der Waals surface area contributed by atoms with Crippen molar-refractivity contribution in [3.8, 4) is 0 Å². The Balaban J connectivity index is 1.44. The highest BCUT2D eigenvalue weighted by atomic mass is 16.6. The second-order valence-corrected chi connectivity index (χ2v) is 6.96. The van der Waals surface area contributed by atoms with Gasteiger partial charge in [0.1, 0.15) is 12.9 Å². The van der Waals surface area contributed by atoms with E-state index in [0.717, 1.165) is 26.9 Å². The summed E-state index contributed by atoms with van der Waals surface area (Å²) in [6, 6.07) is 14.2. The van der Waals surface area contributed by atoms with Gasteiger partial charge in [-0.25, -0.2) is 14.8 Å². The van der Waals surface area contributed by atoms with Gasteiger partial charge in [-0.3, -0.25) is 15.1 Å². The predicted octanol–water partition coefficient (Wildman–Crippen LogP) is 2.95. The van der Waals surface area contributed by atoms with E-state index in [4.69, 9.17) is 10.1 Å². The van der Waals surface area contributed by atoms with E-state index in [2.05, 4.69) is 21.4 Å². The summed E-state index contributed by atoms with van der Waals surface area (Å²) in [5.74, 6) is 0.0905. The molecule has 0 atom stereocenters. The fourth-order valence-corrected chi connectivity index (χ4v) is 2.89. The highest BCUT2D eigenvalue weighted by Gasteiger charge is 2.11. The van der Waals surface area contributed by atoms with Gasteiger partial charge < -0.3 is 14.6 Å². The molecule has 0 aliphatic heterocycles. The average Bonchev–Trinajstić information content (AvgIpc) is 3.08. The number of nitrogens with one attached hydrogen (secondary N) is 2. The summed E-state index contributed by atoms with van der Waals surface area (Å²) < 4.78 is 6.72. The second-order valence-electron chi connectivity index (χ2n) is 6.96. The number of amides is 2. The van der Waals surface area contributed by atoms with Crippen molar-refractivity contribution in [1.82, 2.24) is 19.8 Å². The van der Waals surface area contributed by atoms with E-state index in [1.165, 1.54) is 6.34 Å². The topological polar surface area (TPSA) is 113 Å². The van der Waals surface area contributed by atoms with E-state index in [1.807, 2.05) is 50.4 Å². The zero-order valence-corrected chi connectivity index (χ0v) is 17.4. The Morgan fingerprint density at radius 3 is 2.77 bits per heavy atom. The maximum atomic E-state index is 11.9. The number of rotatable bonds is 8. The van der Waals surface area contributed by atoms with Crippen LogP contribution in [0.2, 0.25) is 0 Å². The van der Waals surface area contributed by atoms with Gasteiger partial charge in [-0.2, -0.15) is 0 Å². The first-order valence-corrected chi connectivity index (χ1v) is 9.70. The van der Waals surface area contributed by atoms with E-state index in [1.54, 1.807) is 10.9 Å². The van der Waals surface area contributed by atoms with Gasteiger partial charge in [-0.15, -0.1) is 0 Å². The number of imidazole rings is 1. The maximum absolute atomic E-state index is 11.9. The minimum absolute atomic E-state index is 0.225. The number of aliphatic imine (C=N–C) groups is 1. The third kappa shape index (κ3) is 5.99. The molecule has 0 bridgehead atoms. The molecule has 160 valence electrons. The van der Waals surface area contributed by atoms with Gasteiger partial charge >= 0.3 is 6.09 Å². The van der Waals surface area contributed by atoms with E-state index in [-0.39, 0.29) is 12.4 Å². The quantitative estimate of drug-likeness (QED) is 0.331. The Morgan fingerprint density at radius 2 is 2.06 bits per heavy atom. The minimum atomic E-state index is -0.742. The number of hydrogen-bond acceptors (Lipinski definition) is 6. The molecule has 1 heterocycles. The van der Waals surface area contributed by atoms with Gasteiger partial charge in [0.15, 0.2) is 5.82 Å². The molecule has 0 fully saturated rings. The van der Waals surface area contributed by atoms with E-state index >= 15 is 0 Å². The highest BCUT2D eigenvalue weighted by molar-refractivity contribution is 5.90. The number of carbonyl (C=O) groups excluding carboxylic acids is 2. The number of alkyl carbamates (subject to hydrolysis) is 1. The van der Waals surface area contributed by atoms with Crippen molar-refractivity contribution < 1.29 is 14.3 Å². The zero-order valence-electron chi connectivity index (χ0n) is 17.4. The molecule has 3 rings (SSSR count). The molecular weight excluding hydrogens is 396 g/mol. The van der Waals surface area contributed by atoms with Crippen LogP contribution < -0.4 is 5.32 Å². The normalized spacial score (nSPS) is 10.9. The number of hydrogen-bond donors (Lipinski definition) is 2. The Morgan fingerprint density at radius 1 is 1.29 bits per heavy atom. The molecule has 0 saturated carbocycles. The molecule has 0 unspecified atom stereocenters. The first kappa shape index (κ1) is 21.7. The lowest BCUT2D eigenvalue weighted by Gasteiger charge is -2.12. The van der Waals surface area contributed by atoms with Crippen LogP contribution in [-0.2, 0) is 23.0 Å². The molecule has 9 nitrogen and oxygen atoms in total. The molecule has 0 aliphatic rings. The molecule has 9 heteroatoms. The van der Waals surface area contributed by atoms with Crippen molar-refractivity contribution in [2.45, 2.75) is 13.3 Å². The van der Waals surface area contributed by atoms with Crippen LogP contribution in [0.4, 0.5) is 10.6 Å². The predicted molar refractivity (Wildman–Crippen MR) is 119 cm³/mol. The SMILES string of the molecule is Cc1c(N=CN(C=O)CC(=N)OC(=O)NCCc2ccc3ccccc3c2)ncn1C. The van der Waals surface area contributed by atoms with E-state index in [0.29, 0.717) is 25.2 Å². The standard InChI is InChI=1S/C22H24N6O3/c1-16-21(25-13-27(16)2)26-14-28(15-29)12-20(23)31-22(30)24-10-9-17-7-8-18-5-3-4-6-19(18)11-17/h3-8,11,13-15,23H,9-10,12H2,1-2H3,(H,24,30). The summed E-state index contributed by atoms with van der Waals surface area (Å²) in [4.78, 5) is 32.5. The lowest BCUT2D eigenvalue weighted by atomic mass is 10.1. The molecule has 2 aromatic carbocycles. The van der Waals surface area contributed by atoms with Crippen LogP contribution in [0.5, 0.6) is 0 Å².